The van der Waals surface area contributed by atoms with Crippen molar-refractivity contribution in [1.29, 1.82) is 0 Å². The molecule has 3 rings (SSSR count). The van der Waals surface area contributed by atoms with Crippen LogP contribution in [-0.2, 0) is 0 Å². The number of nitrogens with zero attached hydrogens (tertiary/aromatic N) is 3. The Morgan fingerprint density at radius 3 is 3.04 bits per heavy atom. The van der Waals surface area contributed by atoms with Gasteiger partial charge in [-0.15, -0.1) is 0 Å². The lowest BCUT2D eigenvalue weighted by atomic mass is 10.2. The van der Waals surface area contributed by atoms with E-state index < -0.39 is 0 Å². The number of aromatic nitrogens is 3. The molecule has 128 valence electrons. The largest absolute Gasteiger partial charge is 0.494 e. The molecule has 0 atom stereocenters. The quantitative estimate of drug-likeness (QED) is 0.521. The Kier molecular flexibility index (Phi) is 5.25. The van der Waals surface area contributed by atoms with E-state index in [2.05, 4.69) is 15.3 Å². The number of allylic oxidation sites excluding steroid dienone is 1. The lowest BCUT2D eigenvalue weighted by Crippen LogP contribution is -1.96. The van der Waals surface area contributed by atoms with Crippen LogP contribution in [0.5, 0.6) is 5.75 Å². The summed E-state index contributed by atoms with van der Waals surface area (Å²) in [6, 6.07) is 11.4. The third-order valence-corrected chi connectivity index (χ3v) is 3.61. The molecule has 6 nitrogen and oxygen atoms in total. The lowest BCUT2D eigenvalue weighted by molar-refractivity contribution is 0.340. The van der Waals surface area contributed by atoms with E-state index in [1.807, 2.05) is 56.3 Å². The van der Waals surface area contributed by atoms with Crippen LogP contribution in [0.1, 0.15) is 19.6 Å². The molecule has 2 aromatic heterocycles. The molecule has 1 N–H and O–H groups in total. The van der Waals surface area contributed by atoms with Crippen molar-refractivity contribution >= 4 is 24.5 Å². The highest BCUT2D eigenvalue weighted by Crippen LogP contribution is 2.22. The molecule has 0 aliphatic rings. The van der Waals surface area contributed by atoms with Crippen molar-refractivity contribution in [3.8, 4) is 17.1 Å². The van der Waals surface area contributed by atoms with Gasteiger partial charge in [-0.2, -0.15) is 14.9 Å². The summed E-state index contributed by atoms with van der Waals surface area (Å²) in [5, 5.41) is 11.5. The first-order valence-electron chi connectivity index (χ1n) is 7.84. The minimum atomic E-state index is 0.416. The van der Waals surface area contributed by atoms with Crippen LogP contribution in [0.4, 0.5) is 0 Å². The maximum Gasteiger partial charge on any atom is 0.216 e. The van der Waals surface area contributed by atoms with Gasteiger partial charge in [0.05, 0.1) is 19.1 Å². The van der Waals surface area contributed by atoms with Gasteiger partial charge in [0.25, 0.3) is 0 Å². The van der Waals surface area contributed by atoms with Crippen LogP contribution in [0, 0.1) is 4.77 Å². The molecular formula is C18H18N4O2S. The van der Waals surface area contributed by atoms with Gasteiger partial charge in [0.1, 0.15) is 11.5 Å². The molecule has 0 aliphatic carbocycles. The Bertz CT molecular complexity index is 952. The highest BCUT2D eigenvalue weighted by atomic mass is 32.1. The SMILES string of the molecule is CCOc1cccc(-c2n[nH]c(=S)n2N=CC(C)=Cc2ccco2)c1. The summed E-state index contributed by atoms with van der Waals surface area (Å²) in [7, 11) is 0. The van der Waals surface area contributed by atoms with Gasteiger partial charge in [0.15, 0.2) is 5.82 Å². The predicted molar refractivity (Wildman–Crippen MR) is 100 cm³/mol. The molecule has 0 fully saturated rings. The fourth-order valence-electron chi connectivity index (χ4n) is 2.26. The summed E-state index contributed by atoms with van der Waals surface area (Å²) in [6.07, 6.45) is 5.23. The Labute approximate surface area is 150 Å². The van der Waals surface area contributed by atoms with Gasteiger partial charge in [-0.3, -0.25) is 0 Å². The van der Waals surface area contributed by atoms with Crippen LogP contribution in [0.2, 0.25) is 0 Å². The van der Waals surface area contributed by atoms with Gasteiger partial charge in [0, 0.05) is 5.56 Å². The maximum atomic E-state index is 5.54. The van der Waals surface area contributed by atoms with E-state index in [9.17, 15) is 0 Å². The van der Waals surface area contributed by atoms with Crippen molar-refractivity contribution in [2.24, 2.45) is 5.10 Å². The minimum absolute atomic E-state index is 0.416. The topological polar surface area (TPSA) is 68.3 Å². The zero-order valence-electron chi connectivity index (χ0n) is 14.0. The second kappa shape index (κ2) is 7.76. The van der Waals surface area contributed by atoms with Crippen molar-refractivity contribution in [3.05, 3.63) is 58.8 Å². The Morgan fingerprint density at radius 2 is 2.28 bits per heavy atom. The van der Waals surface area contributed by atoms with Crippen LogP contribution in [-0.4, -0.2) is 27.7 Å². The third kappa shape index (κ3) is 4.13. The number of ether oxygens (including phenoxy) is 1. The highest BCUT2D eigenvalue weighted by molar-refractivity contribution is 7.71. The first-order chi connectivity index (χ1) is 12.2. The average molecular weight is 354 g/mol. The molecular weight excluding hydrogens is 336 g/mol. The predicted octanol–water partition coefficient (Wildman–Crippen LogP) is 4.54. The van der Waals surface area contributed by atoms with Crippen molar-refractivity contribution in [3.63, 3.8) is 0 Å². The second-order valence-corrected chi connectivity index (χ2v) is 5.66. The fraction of sp³-hybridized carbons (Fsp3) is 0.167. The van der Waals surface area contributed by atoms with E-state index in [1.54, 1.807) is 17.2 Å². The molecule has 0 amide bonds. The Morgan fingerprint density at radius 1 is 1.40 bits per heavy atom. The standard InChI is InChI=1S/C18H18N4O2S/c1-3-23-16-7-4-6-14(11-16)17-20-21-18(25)22(17)19-12-13(2)10-15-8-5-9-24-15/h4-12H,3H2,1-2H3,(H,21,25). The molecule has 0 bridgehead atoms. The van der Waals surface area contributed by atoms with Gasteiger partial charge in [-0.1, -0.05) is 12.1 Å². The summed E-state index contributed by atoms with van der Waals surface area (Å²) >= 11 is 5.29. The van der Waals surface area contributed by atoms with E-state index in [4.69, 9.17) is 21.4 Å². The molecule has 3 aromatic rings. The molecule has 0 saturated carbocycles. The van der Waals surface area contributed by atoms with Gasteiger partial charge in [0.2, 0.25) is 4.77 Å². The van der Waals surface area contributed by atoms with Crippen molar-refractivity contribution < 1.29 is 9.15 Å². The number of H-pyrrole nitrogens is 1. The van der Waals surface area contributed by atoms with Crippen molar-refractivity contribution in [1.82, 2.24) is 14.9 Å². The van der Waals surface area contributed by atoms with Crippen LogP contribution in [0.3, 0.4) is 0 Å². The van der Waals surface area contributed by atoms with Gasteiger partial charge in [-0.25, -0.2) is 5.10 Å². The Balaban J connectivity index is 1.91. The summed E-state index contributed by atoms with van der Waals surface area (Å²) in [6.45, 7) is 4.48. The third-order valence-electron chi connectivity index (χ3n) is 3.34. The van der Waals surface area contributed by atoms with E-state index >= 15 is 0 Å². The van der Waals surface area contributed by atoms with E-state index in [0.717, 1.165) is 22.6 Å². The molecule has 0 unspecified atom stereocenters. The molecule has 2 heterocycles. The number of hydrogen-bond acceptors (Lipinski definition) is 5. The number of benzene rings is 1. The minimum Gasteiger partial charge on any atom is -0.494 e. The van der Waals surface area contributed by atoms with Crippen LogP contribution >= 0.6 is 12.2 Å². The first kappa shape index (κ1) is 16.9. The smallest absolute Gasteiger partial charge is 0.216 e. The molecule has 7 heteroatoms. The summed E-state index contributed by atoms with van der Waals surface area (Å²) in [5.74, 6) is 2.16. The van der Waals surface area contributed by atoms with E-state index in [1.165, 1.54) is 0 Å². The molecule has 1 aromatic carbocycles. The lowest BCUT2D eigenvalue weighted by Gasteiger charge is -2.05. The van der Waals surface area contributed by atoms with Crippen LogP contribution < -0.4 is 4.74 Å². The molecule has 0 radical (unpaired) electrons. The van der Waals surface area contributed by atoms with Crippen LogP contribution in [0.15, 0.2) is 57.8 Å². The molecule has 0 aliphatic heterocycles. The monoisotopic (exact) mass is 354 g/mol. The summed E-state index contributed by atoms with van der Waals surface area (Å²) in [4.78, 5) is 0. The normalized spacial score (nSPS) is 12.0. The maximum absolute atomic E-state index is 5.54. The molecule has 0 saturated heterocycles. The van der Waals surface area contributed by atoms with E-state index in [0.29, 0.717) is 17.2 Å². The Hall–Kier alpha value is -2.93. The molecule has 0 spiro atoms. The number of aromatic amines is 1. The summed E-state index contributed by atoms with van der Waals surface area (Å²) < 4.78 is 12.8. The zero-order chi connectivity index (χ0) is 17.6. The first-order valence-corrected chi connectivity index (χ1v) is 8.25. The fourth-order valence-corrected chi connectivity index (χ4v) is 2.44. The van der Waals surface area contributed by atoms with Crippen molar-refractivity contribution in [2.45, 2.75) is 13.8 Å². The van der Waals surface area contributed by atoms with Gasteiger partial charge in [-0.05, 0) is 62.0 Å². The zero-order valence-corrected chi connectivity index (χ0v) is 14.8. The average Bonchev–Trinajstić information content (AvgIpc) is 3.23. The summed E-state index contributed by atoms with van der Waals surface area (Å²) in [5.41, 5.74) is 1.79. The van der Waals surface area contributed by atoms with E-state index in [-0.39, 0.29) is 0 Å². The number of rotatable bonds is 6. The number of furan rings is 1. The van der Waals surface area contributed by atoms with Crippen LogP contribution in [0.25, 0.3) is 17.5 Å². The van der Waals surface area contributed by atoms with Gasteiger partial charge >= 0.3 is 0 Å². The second-order valence-electron chi connectivity index (χ2n) is 5.27. The van der Waals surface area contributed by atoms with Crippen molar-refractivity contribution in [2.75, 3.05) is 6.61 Å². The highest BCUT2D eigenvalue weighted by Gasteiger charge is 2.09. The number of hydrogen-bond donors (Lipinski definition) is 1. The molecule has 25 heavy (non-hydrogen) atoms. The van der Waals surface area contributed by atoms with Gasteiger partial charge < -0.3 is 9.15 Å². The number of nitrogens with one attached hydrogen (secondary N) is 1.